The Labute approximate surface area is 118 Å². The van der Waals surface area contributed by atoms with Gasteiger partial charge < -0.3 is 19.9 Å². The molecule has 4 nitrogen and oxygen atoms in total. The van der Waals surface area contributed by atoms with E-state index in [9.17, 15) is 5.11 Å². The number of rotatable bonds is 13. The van der Waals surface area contributed by atoms with Crippen LogP contribution in [-0.4, -0.2) is 50.2 Å². The van der Waals surface area contributed by atoms with Gasteiger partial charge in [0.1, 0.15) is 0 Å². The summed E-state index contributed by atoms with van der Waals surface area (Å²) in [5.74, 6) is 0.588. The zero-order valence-electron chi connectivity index (χ0n) is 13.2. The normalized spacial score (nSPS) is 14.8. The lowest BCUT2D eigenvalue weighted by Crippen LogP contribution is -2.40. The van der Waals surface area contributed by atoms with Crippen molar-refractivity contribution in [2.75, 3.05) is 33.0 Å². The number of ether oxygens (including phenoxy) is 2. The van der Waals surface area contributed by atoms with Crippen LogP contribution in [0.2, 0.25) is 0 Å². The van der Waals surface area contributed by atoms with Gasteiger partial charge in [0.15, 0.2) is 0 Å². The molecule has 0 rings (SSSR count). The lowest BCUT2D eigenvalue weighted by Gasteiger charge is -2.22. The van der Waals surface area contributed by atoms with Crippen molar-refractivity contribution >= 4 is 0 Å². The molecular formula is C15H33NO3. The predicted octanol–water partition coefficient (Wildman–Crippen LogP) is 2.20. The highest BCUT2D eigenvalue weighted by Gasteiger charge is 2.12. The summed E-state index contributed by atoms with van der Waals surface area (Å²) in [7, 11) is 0. The predicted molar refractivity (Wildman–Crippen MR) is 79.5 cm³/mol. The van der Waals surface area contributed by atoms with Crippen LogP contribution in [0.1, 0.15) is 47.0 Å². The van der Waals surface area contributed by atoms with Gasteiger partial charge in [-0.15, -0.1) is 0 Å². The maximum atomic E-state index is 9.79. The van der Waals surface area contributed by atoms with E-state index in [-0.39, 0.29) is 0 Å². The minimum Gasteiger partial charge on any atom is -0.389 e. The molecule has 0 amide bonds. The summed E-state index contributed by atoms with van der Waals surface area (Å²) in [6.07, 6.45) is 2.89. The van der Waals surface area contributed by atoms with Gasteiger partial charge in [-0.3, -0.25) is 0 Å². The Morgan fingerprint density at radius 3 is 2.32 bits per heavy atom. The first kappa shape index (κ1) is 18.8. The molecule has 0 fully saturated rings. The number of hydrogen-bond donors (Lipinski definition) is 2. The van der Waals surface area contributed by atoms with E-state index in [1.165, 1.54) is 0 Å². The van der Waals surface area contributed by atoms with Gasteiger partial charge in [0.2, 0.25) is 0 Å². The fourth-order valence-corrected chi connectivity index (χ4v) is 1.88. The van der Waals surface area contributed by atoms with Gasteiger partial charge in [0.05, 0.1) is 25.9 Å². The molecule has 0 aliphatic heterocycles. The van der Waals surface area contributed by atoms with Crippen molar-refractivity contribution < 1.29 is 14.6 Å². The molecule has 0 saturated carbocycles. The van der Waals surface area contributed by atoms with Crippen LogP contribution >= 0.6 is 0 Å². The summed E-state index contributed by atoms with van der Waals surface area (Å²) in [6.45, 7) is 11.6. The maximum Gasteiger partial charge on any atom is 0.0897 e. The Balaban J connectivity index is 3.41. The number of aliphatic hydroxyl groups is 1. The van der Waals surface area contributed by atoms with Crippen LogP contribution in [0, 0.1) is 5.92 Å². The van der Waals surface area contributed by atoms with Crippen molar-refractivity contribution in [1.29, 1.82) is 0 Å². The Morgan fingerprint density at radius 2 is 1.74 bits per heavy atom. The highest BCUT2D eigenvalue weighted by Crippen LogP contribution is 2.05. The minimum absolute atomic E-state index is 0.374. The van der Waals surface area contributed by atoms with Crippen molar-refractivity contribution in [3.63, 3.8) is 0 Å². The molecule has 2 N–H and O–H groups in total. The molecule has 2 unspecified atom stereocenters. The molecule has 0 aromatic rings. The molecule has 4 heteroatoms. The van der Waals surface area contributed by atoms with Crippen LogP contribution in [0.15, 0.2) is 0 Å². The Morgan fingerprint density at radius 1 is 1.05 bits per heavy atom. The number of nitrogens with one attached hydrogen (secondary N) is 1. The summed E-state index contributed by atoms with van der Waals surface area (Å²) in [6, 6.07) is 0.465. The molecule has 0 radical (unpaired) electrons. The molecule has 0 aliphatic rings. The van der Waals surface area contributed by atoms with Gasteiger partial charge in [-0.25, -0.2) is 0 Å². The molecule has 0 bridgehead atoms. The molecule has 0 aliphatic carbocycles. The Hall–Kier alpha value is -0.160. The van der Waals surface area contributed by atoms with E-state index < -0.39 is 6.10 Å². The van der Waals surface area contributed by atoms with Crippen molar-refractivity contribution in [1.82, 2.24) is 5.32 Å². The molecular weight excluding hydrogens is 242 g/mol. The molecule has 19 heavy (non-hydrogen) atoms. The smallest absolute Gasteiger partial charge is 0.0897 e. The highest BCUT2D eigenvalue weighted by atomic mass is 16.5. The van der Waals surface area contributed by atoms with Gasteiger partial charge in [0.25, 0.3) is 0 Å². The molecule has 0 aromatic heterocycles. The SMILES string of the molecule is CCCCOCCOCC(O)CNC(CC)C(C)C. The molecule has 0 spiro atoms. The molecule has 116 valence electrons. The number of aliphatic hydroxyl groups excluding tert-OH is 1. The van der Waals surface area contributed by atoms with E-state index in [0.29, 0.717) is 38.3 Å². The maximum absolute atomic E-state index is 9.79. The molecule has 0 aromatic carbocycles. The van der Waals surface area contributed by atoms with Crippen LogP contribution in [0.5, 0.6) is 0 Å². The average Bonchev–Trinajstić information content (AvgIpc) is 2.38. The summed E-state index contributed by atoms with van der Waals surface area (Å²) < 4.78 is 10.8. The summed E-state index contributed by atoms with van der Waals surface area (Å²) in [4.78, 5) is 0. The zero-order chi connectivity index (χ0) is 14.5. The third kappa shape index (κ3) is 11.4. The lowest BCUT2D eigenvalue weighted by atomic mass is 10.0. The minimum atomic E-state index is -0.441. The van der Waals surface area contributed by atoms with E-state index >= 15 is 0 Å². The summed E-state index contributed by atoms with van der Waals surface area (Å²) in [5.41, 5.74) is 0. The largest absolute Gasteiger partial charge is 0.389 e. The van der Waals surface area contributed by atoms with Crippen molar-refractivity contribution in [2.24, 2.45) is 5.92 Å². The van der Waals surface area contributed by atoms with E-state index in [0.717, 1.165) is 25.9 Å². The fraction of sp³-hybridized carbons (Fsp3) is 1.00. The zero-order valence-corrected chi connectivity index (χ0v) is 13.2. The standard InChI is InChI=1S/C15H33NO3/c1-5-7-8-18-9-10-19-12-14(17)11-16-15(6-2)13(3)4/h13-17H,5-12H2,1-4H3. The molecule has 2 atom stereocenters. The van der Waals surface area contributed by atoms with E-state index in [4.69, 9.17) is 9.47 Å². The van der Waals surface area contributed by atoms with Gasteiger partial charge in [-0.1, -0.05) is 34.1 Å². The van der Waals surface area contributed by atoms with Crippen molar-refractivity contribution in [3.8, 4) is 0 Å². The van der Waals surface area contributed by atoms with E-state index in [1.54, 1.807) is 0 Å². The van der Waals surface area contributed by atoms with E-state index in [1.807, 2.05) is 0 Å². The quantitative estimate of drug-likeness (QED) is 0.506. The first-order valence-electron chi connectivity index (χ1n) is 7.68. The lowest BCUT2D eigenvalue weighted by molar-refractivity contribution is 0.00277. The molecule has 0 saturated heterocycles. The third-order valence-electron chi connectivity index (χ3n) is 3.18. The van der Waals surface area contributed by atoms with Crippen LogP contribution in [0.25, 0.3) is 0 Å². The third-order valence-corrected chi connectivity index (χ3v) is 3.18. The second kappa shape index (κ2) is 12.9. The average molecular weight is 275 g/mol. The number of unbranched alkanes of at least 4 members (excludes halogenated alkanes) is 1. The summed E-state index contributed by atoms with van der Waals surface area (Å²) in [5, 5.41) is 13.2. The monoisotopic (exact) mass is 275 g/mol. The van der Waals surface area contributed by atoms with Gasteiger partial charge >= 0.3 is 0 Å². The first-order chi connectivity index (χ1) is 9.11. The van der Waals surface area contributed by atoms with Gasteiger partial charge in [-0.2, -0.15) is 0 Å². The summed E-state index contributed by atoms with van der Waals surface area (Å²) >= 11 is 0. The van der Waals surface area contributed by atoms with Crippen LogP contribution in [-0.2, 0) is 9.47 Å². The highest BCUT2D eigenvalue weighted by molar-refractivity contribution is 4.70. The topological polar surface area (TPSA) is 50.7 Å². The Kier molecular flexibility index (Phi) is 12.7. The second-order valence-electron chi connectivity index (χ2n) is 5.36. The van der Waals surface area contributed by atoms with Crippen LogP contribution in [0.3, 0.4) is 0 Å². The van der Waals surface area contributed by atoms with Crippen LogP contribution < -0.4 is 5.32 Å². The Bertz CT molecular complexity index is 188. The van der Waals surface area contributed by atoms with Crippen molar-refractivity contribution in [3.05, 3.63) is 0 Å². The van der Waals surface area contributed by atoms with Crippen LogP contribution in [0.4, 0.5) is 0 Å². The van der Waals surface area contributed by atoms with Gasteiger partial charge in [0, 0.05) is 19.2 Å². The number of hydrogen-bond acceptors (Lipinski definition) is 4. The molecule has 0 heterocycles. The first-order valence-corrected chi connectivity index (χ1v) is 7.68. The second-order valence-corrected chi connectivity index (χ2v) is 5.36. The van der Waals surface area contributed by atoms with Crippen molar-refractivity contribution in [2.45, 2.75) is 59.1 Å². The fourth-order valence-electron chi connectivity index (χ4n) is 1.88. The van der Waals surface area contributed by atoms with Gasteiger partial charge in [-0.05, 0) is 18.8 Å². The van der Waals surface area contributed by atoms with E-state index in [2.05, 4.69) is 33.0 Å².